The lowest BCUT2D eigenvalue weighted by atomic mass is 9.87. The zero-order chi connectivity index (χ0) is 20.4. The fourth-order valence-corrected chi connectivity index (χ4v) is 3.35. The third kappa shape index (κ3) is 5.22. The smallest absolute Gasteiger partial charge is 0.412 e. The number of methoxy groups -OCH3 is 1. The molecule has 0 spiro atoms. The van der Waals surface area contributed by atoms with Crippen LogP contribution in [0.25, 0.3) is 0 Å². The van der Waals surface area contributed by atoms with E-state index in [9.17, 15) is 9.59 Å². The summed E-state index contributed by atoms with van der Waals surface area (Å²) in [6.07, 6.45) is -0.292. The highest BCUT2D eigenvalue weighted by atomic mass is 16.6. The van der Waals surface area contributed by atoms with Gasteiger partial charge in [-0.05, 0) is 47.1 Å². The van der Waals surface area contributed by atoms with E-state index in [2.05, 4.69) is 0 Å². The highest BCUT2D eigenvalue weighted by molar-refractivity contribution is 5.72. The summed E-state index contributed by atoms with van der Waals surface area (Å²) in [5.74, 6) is -0.582. The quantitative estimate of drug-likeness (QED) is 0.742. The van der Waals surface area contributed by atoms with Crippen molar-refractivity contribution in [1.82, 2.24) is 4.90 Å². The van der Waals surface area contributed by atoms with E-state index in [1.54, 1.807) is 4.90 Å². The number of esters is 1. The van der Waals surface area contributed by atoms with Gasteiger partial charge >= 0.3 is 12.1 Å². The topological polar surface area (TPSA) is 65.1 Å². The molecule has 1 saturated heterocycles. The second-order valence-corrected chi connectivity index (χ2v) is 8.47. The van der Waals surface area contributed by atoms with Crippen molar-refractivity contribution in [3.63, 3.8) is 0 Å². The Bertz CT molecular complexity index is 675. The molecule has 1 fully saturated rings. The summed E-state index contributed by atoms with van der Waals surface area (Å²) in [4.78, 5) is 26.6. The van der Waals surface area contributed by atoms with E-state index in [1.165, 1.54) is 7.11 Å². The third-order valence-electron chi connectivity index (χ3n) is 4.69. The molecule has 27 heavy (non-hydrogen) atoms. The zero-order valence-corrected chi connectivity index (χ0v) is 17.4. The van der Waals surface area contributed by atoms with E-state index in [0.29, 0.717) is 6.61 Å². The summed E-state index contributed by atoms with van der Waals surface area (Å²) in [6, 6.07) is 7.64. The van der Waals surface area contributed by atoms with Crippen molar-refractivity contribution >= 4 is 12.1 Å². The minimum absolute atomic E-state index is 0.156. The first-order valence-corrected chi connectivity index (χ1v) is 9.24. The predicted molar refractivity (Wildman–Crippen MR) is 102 cm³/mol. The maximum Gasteiger partial charge on any atom is 0.412 e. The zero-order valence-electron chi connectivity index (χ0n) is 17.4. The van der Waals surface area contributed by atoms with Gasteiger partial charge in [-0.15, -0.1) is 0 Å². The molecule has 2 atom stereocenters. The summed E-state index contributed by atoms with van der Waals surface area (Å²) in [5.41, 5.74) is 0.641. The van der Waals surface area contributed by atoms with Crippen LogP contribution >= 0.6 is 0 Å². The van der Waals surface area contributed by atoms with Crippen LogP contribution in [0, 0.1) is 6.92 Å². The average molecular weight is 377 g/mol. The Morgan fingerprint density at radius 2 is 1.85 bits per heavy atom. The van der Waals surface area contributed by atoms with Gasteiger partial charge in [-0.1, -0.05) is 29.8 Å². The summed E-state index contributed by atoms with van der Waals surface area (Å²) < 4.78 is 16.4. The van der Waals surface area contributed by atoms with Crippen molar-refractivity contribution in [2.45, 2.75) is 71.2 Å². The van der Waals surface area contributed by atoms with Crippen molar-refractivity contribution in [3.05, 3.63) is 35.4 Å². The lowest BCUT2D eigenvalue weighted by molar-refractivity contribution is -0.141. The fraction of sp³-hybridized carbons (Fsp3) is 0.619. The normalized spacial score (nSPS) is 20.3. The molecular weight excluding hydrogens is 346 g/mol. The number of aryl methyl sites for hydroxylation is 1. The van der Waals surface area contributed by atoms with Crippen LogP contribution in [0.1, 0.15) is 58.1 Å². The average Bonchev–Trinajstić information content (AvgIpc) is 2.87. The molecule has 1 aliphatic rings. The van der Waals surface area contributed by atoms with Crippen LogP contribution in [0.2, 0.25) is 0 Å². The molecule has 1 amide bonds. The molecule has 6 nitrogen and oxygen atoms in total. The molecule has 2 rings (SSSR count). The van der Waals surface area contributed by atoms with Crippen LogP contribution < -0.4 is 0 Å². The number of nitrogens with zero attached hydrogens (tertiary/aromatic N) is 1. The minimum Gasteiger partial charge on any atom is -0.469 e. The van der Waals surface area contributed by atoms with Crippen LogP contribution in [0.3, 0.4) is 0 Å². The second kappa shape index (κ2) is 7.89. The Hall–Kier alpha value is -2.08. The van der Waals surface area contributed by atoms with Crippen molar-refractivity contribution in [3.8, 4) is 0 Å². The largest absolute Gasteiger partial charge is 0.469 e. The van der Waals surface area contributed by atoms with E-state index in [-0.39, 0.29) is 24.3 Å². The first-order chi connectivity index (χ1) is 12.4. The standard InChI is InChI=1S/C21H31NO5/c1-14-8-10-15(11-9-14)16(12-18(23)25-7)17-13-26-21(5,6)22(17)19(24)27-20(2,3)4/h8-11,16-17H,12-13H2,1-7H3/t16-,17+/m1/s1. The highest BCUT2D eigenvalue weighted by Gasteiger charge is 2.49. The molecule has 0 radical (unpaired) electrons. The Labute approximate surface area is 161 Å². The van der Waals surface area contributed by atoms with Crippen LogP contribution in [0.5, 0.6) is 0 Å². The molecule has 0 aliphatic carbocycles. The first kappa shape index (κ1) is 21.2. The van der Waals surface area contributed by atoms with Crippen molar-refractivity contribution in [2.24, 2.45) is 0 Å². The Morgan fingerprint density at radius 3 is 2.37 bits per heavy atom. The van der Waals surface area contributed by atoms with Gasteiger partial charge in [-0.3, -0.25) is 9.69 Å². The number of carbonyl (C=O) groups excluding carboxylic acids is 2. The van der Waals surface area contributed by atoms with Gasteiger partial charge in [0.15, 0.2) is 0 Å². The van der Waals surface area contributed by atoms with E-state index < -0.39 is 17.4 Å². The molecule has 0 unspecified atom stereocenters. The SMILES string of the molecule is COC(=O)C[C@H](c1ccc(C)cc1)[C@@H]1COC(C)(C)N1C(=O)OC(C)(C)C. The van der Waals surface area contributed by atoms with E-state index in [0.717, 1.165) is 11.1 Å². The molecule has 0 saturated carbocycles. The van der Waals surface area contributed by atoms with Gasteiger partial charge in [-0.2, -0.15) is 0 Å². The van der Waals surface area contributed by atoms with Gasteiger partial charge in [0.25, 0.3) is 0 Å². The molecule has 0 bridgehead atoms. The van der Waals surface area contributed by atoms with E-state index >= 15 is 0 Å². The Morgan fingerprint density at radius 1 is 1.26 bits per heavy atom. The molecule has 1 aliphatic heterocycles. The third-order valence-corrected chi connectivity index (χ3v) is 4.69. The first-order valence-electron chi connectivity index (χ1n) is 9.24. The van der Waals surface area contributed by atoms with Crippen LogP contribution in [-0.4, -0.2) is 48.0 Å². The van der Waals surface area contributed by atoms with Gasteiger partial charge in [0.05, 0.1) is 26.2 Å². The van der Waals surface area contributed by atoms with Crippen molar-refractivity contribution in [1.29, 1.82) is 0 Å². The Balaban J connectivity index is 2.40. The fourth-order valence-electron chi connectivity index (χ4n) is 3.35. The van der Waals surface area contributed by atoms with Gasteiger partial charge in [0.1, 0.15) is 11.3 Å². The van der Waals surface area contributed by atoms with Crippen LogP contribution in [-0.2, 0) is 19.0 Å². The van der Waals surface area contributed by atoms with Gasteiger partial charge in [-0.25, -0.2) is 4.79 Å². The molecule has 1 aromatic carbocycles. The number of hydrogen-bond acceptors (Lipinski definition) is 5. The highest BCUT2D eigenvalue weighted by Crippen LogP contribution is 2.38. The minimum atomic E-state index is -0.827. The summed E-state index contributed by atoms with van der Waals surface area (Å²) in [7, 11) is 1.37. The van der Waals surface area contributed by atoms with Gasteiger partial charge in [0.2, 0.25) is 0 Å². The number of benzene rings is 1. The number of hydrogen-bond donors (Lipinski definition) is 0. The number of amides is 1. The maximum absolute atomic E-state index is 12.9. The molecule has 0 N–H and O–H groups in total. The predicted octanol–water partition coefficient (Wildman–Crippen LogP) is 4.01. The number of carbonyl (C=O) groups is 2. The van der Waals surface area contributed by atoms with Crippen molar-refractivity contribution in [2.75, 3.05) is 13.7 Å². The summed E-state index contributed by atoms with van der Waals surface area (Å²) in [6.45, 7) is 11.5. The van der Waals surface area contributed by atoms with Crippen molar-refractivity contribution < 1.29 is 23.8 Å². The number of ether oxygens (including phenoxy) is 3. The van der Waals surface area contributed by atoms with Crippen LogP contribution in [0.4, 0.5) is 4.79 Å². The van der Waals surface area contributed by atoms with Crippen LogP contribution in [0.15, 0.2) is 24.3 Å². The summed E-state index contributed by atoms with van der Waals surface area (Å²) in [5, 5.41) is 0. The molecule has 1 aromatic rings. The monoisotopic (exact) mass is 377 g/mol. The molecular formula is C21H31NO5. The van der Waals surface area contributed by atoms with E-state index in [4.69, 9.17) is 14.2 Å². The van der Waals surface area contributed by atoms with Gasteiger partial charge in [0, 0.05) is 5.92 Å². The lowest BCUT2D eigenvalue weighted by Gasteiger charge is -2.37. The molecule has 150 valence electrons. The second-order valence-electron chi connectivity index (χ2n) is 8.47. The molecule has 1 heterocycles. The summed E-state index contributed by atoms with van der Waals surface area (Å²) >= 11 is 0. The number of rotatable bonds is 4. The molecule has 6 heteroatoms. The van der Waals surface area contributed by atoms with E-state index in [1.807, 2.05) is 65.8 Å². The Kier molecular flexibility index (Phi) is 6.20. The maximum atomic E-state index is 12.9. The van der Waals surface area contributed by atoms with Gasteiger partial charge < -0.3 is 14.2 Å². The lowest BCUT2D eigenvalue weighted by Crippen LogP contribution is -2.51. The molecule has 0 aromatic heterocycles.